The third-order valence-electron chi connectivity index (χ3n) is 1.66. The van der Waals surface area contributed by atoms with E-state index in [1.807, 2.05) is 13.8 Å². The van der Waals surface area contributed by atoms with E-state index in [0.29, 0.717) is 4.91 Å². The fourth-order valence-corrected chi connectivity index (χ4v) is 1.59. The topological polar surface area (TPSA) is 37.4 Å². The van der Waals surface area contributed by atoms with Crippen LogP contribution < -0.4 is 0 Å². The van der Waals surface area contributed by atoms with E-state index in [1.54, 1.807) is 6.26 Å². The normalized spacial score (nSPS) is 17.7. The van der Waals surface area contributed by atoms with Crippen molar-refractivity contribution in [2.45, 2.75) is 19.9 Å². The van der Waals surface area contributed by atoms with Crippen LogP contribution in [0.3, 0.4) is 0 Å². The van der Waals surface area contributed by atoms with Gasteiger partial charge in [-0.3, -0.25) is 14.5 Å². The summed E-state index contributed by atoms with van der Waals surface area (Å²) < 4.78 is 0. The highest BCUT2D eigenvalue weighted by atomic mass is 32.2. The summed E-state index contributed by atoms with van der Waals surface area (Å²) in [6.07, 6.45) is 3.19. The Morgan fingerprint density at radius 1 is 1.42 bits per heavy atom. The van der Waals surface area contributed by atoms with Crippen LogP contribution in [0.5, 0.6) is 0 Å². The minimum atomic E-state index is -0.195. The quantitative estimate of drug-likeness (QED) is 0.602. The zero-order valence-electron chi connectivity index (χ0n) is 7.33. The van der Waals surface area contributed by atoms with Crippen LogP contribution in [-0.4, -0.2) is 29.0 Å². The molecular weight excluding hydrogens is 174 g/mol. The average molecular weight is 185 g/mol. The molecule has 0 spiro atoms. The van der Waals surface area contributed by atoms with Crippen molar-refractivity contribution in [3.63, 3.8) is 0 Å². The molecule has 1 aliphatic heterocycles. The van der Waals surface area contributed by atoms with Crippen molar-refractivity contribution in [2.24, 2.45) is 0 Å². The van der Waals surface area contributed by atoms with Gasteiger partial charge in [0.05, 0.1) is 4.91 Å². The van der Waals surface area contributed by atoms with Crippen molar-refractivity contribution in [3.8, 4) is 0 Å². The maximum absolute atomic E-state index is 11.4. The first-order valence-corrected chi connectivity index (χ1v) is 4.93. The zero-order valence-corrected chi connectivity index (χ0v) is 8.14. The fourth-order valence-electron chi connectivity index (χ4n) is 1.10. The molecule has 1 heterocycles. The third kappa shape index (κ3) is 1.39. The minimum Gasteiger partial charge on any atom is -0.272 e. The first kappa shape index (κ1) is 9.32. The van der Waals surface area contributed by atoms with Crippen LogP contribution in [0.4, 0.5) is 0 Å². The summed E-state index contributed by atoms with van der Waals surface area (Å²) in [6, 6.07) is -0.0501. The summed E-state index contributed by atoms with van der Waals surface area (Å²) in [7, 11) is 0. The van der Waals surface area contributed by atoms with Gasteiger partial charge in [0.2, 0.25) is 0 Å². The molecule has 0 unspecified atom stereocenters. The van der Waals surface area contributed by atoms with Crippen LogP contribution in [-0.2, 0) is 9.59 Å². The lowest BCUT2D eigenvalue weighted by atomic mass is 10.3. The standard InChI is InChI=1S/C8H11NO2S/c1-5(2)9-7(10)4-6(12-3)8(9)11/h4-5H,1-3H3. The van der Waals surface area contributed by atoms with E-state index in [0.717, 1.165) is 0 Å². The van der Waals surface area contributed by atoms with Crippen molar-refractivity contribution in [1.29, 1.82) is 0 Å². The predicted octanol–water partition coefficient (Wildman–Crippen LogP) is 1.01. The number of rotatable bonds is 2. The van der Waals surface area contributed by atoms with Gasteiger partial charge in [0.15, 0.2) is 0 Å². The fraction of sp³-hybridized carbons (Fsp3) is 0.500. The lowest BCUT2D eigenvalue weighted by Crippen LogP contribution is -2.36. The Labute approximate surface area is 75.8 Å². The van der Waals surface area contributed by atoms with Gasteiger partial charge in [-0.2, -0.15) is 0 Å². The van der Waals surface area contributed by atoms with E-state index < -0.39 is 0 Å². The van der Waals surface area contributed by atoms with Crippen LogP contribution in [0.2, 0.25) is 0 Å². The number of hydrogen-bond donors (Lipinski definition) is 0. The first-order valence-electron chi connectivity index (χ1n) is 3.71. The third-order valence-corrected chi connectivity index (χ3v) is 2.39. The molecule has 2 amide bonds. The Morgan fingerprint density at radius 2 is 2.00 bits per heavy atom. The van der Waals surface area contributed by atoms with Crippen molar-refractivity contribution < 1.29 is 9.59 Å². The van der Waals surface area contributed by atoms with E-state index >= 15 is 0 Å². The Morgan fingerprint density at radius 3 is 2.25 bits per heavy atom. The molecule has 0 saturated carbocycles. The summed E-state index contributed by atoms with van der Waals surface area (Å²) in [5.74, 6) is -0.359. The molecular formula is C8H11NO2S. The lowest BCUT2D eigenvalue weighted by molar-refractivity contribution is -0.138. The smallest absolute Gasteiger partial charge is 0.267 e. The second-order valence-electron chi connectivity index (χ2n) is 2.82. The van der Waals surface area contributed by atoms with E-state index in [1.165, 1.54) is 22.7 Å². The molecule has 4 heteroatoms. The molecule has 1 aliphatic rings. The zero-order chi connectivity index (χ0) is 9.30. The number of hydrogen-bond acceptors (Lipinski definition) is 3. The van der Waals surface area contributed by atoms with E-state index in [9.17, 15) is 9.59 Å². The maximum atomic E-state index is 11.4. The minimum absolute atomic E-state index is 0.0501. The molecule has 0 N–H and O–H groups in total. The van der Waals surface area contributed by atoms with Gasteiger partial charge >= 0.3 is 0 Å². The number of imide groups is 1. The van der Waals surface area contributed by atoms with Crippen LogP contribution in [0, 0.1) is 0 Å². The molecule has 12 heavy (non-hydrogen) atoms. The summed E-state index contributed by atoms with van der Waals surface area (Å²) in [5.41, 5.74) is 0. The Hall–Kier alpha value is -0.770. The number of amides is 2. The van der Waals surface area contributed by atoms with Crippen molar-refractivity contribution in [2.75, 3.05) is 6.26 Å². The van der Waals surface area contributed by atoms with Crippen LogP contribution in [0.25, 0.3) is 0 Å². The van der Waals surface area contributed by atoms with Crippen molar-refractivity contribution in [3.05, 3.63) is 11.0 Å². The monoisotopic (exact) mass is 185 g/mol. The molecule has 0 aromatic heterocycles. The van der Waals surface area contributed by atoms with Gasteiger partial charge in [-0.25, -0.2) is 0 Å². The SMILES string of the molecule is CSC1=CC(=O)N(C(C)C)C1=O. The largest absolute Gasteiger partial charge is 0.272 e. The summed E-state index contributed by atoms with van der Waals surface area (Å²) in [6.45, 7) is 3.65. The van der Waals surface area contributed by atoms with Crippen LogP contribution in [0.1, 0.15) is 13.8 Å². The van der Waals surface area contributed by atoms with E-state index in [4.69, 9.17) is 0 Å². The molecule has 1 rings (SSSR count). The molecule has 0 saturated heterocycles. The second-order valence-corrected chi connectivity index (χ2v) is 3.67. The maximum Gasteiger partial charge on any atom is 0.267 e. The highest BCUT2D eigenvalue weighted by molar-refractivity contribution is 8.03. The number of thioether (sulfide) groups is 1. The molecule has 0 aromatic rings. The first-order chi connectivity index (χ1) is 5.57. The predicted molar refractivity (Wildman–Crippen MR) is 48.6 cm³/mol. The Bertz CT molecular complexity index is 258. The van der Waals surface area contributed by atoms with Gasteiger partial charge in [0, 0.05) is 12.1 Å². The van der Waals surface area contributed by atoms with Gasteiger partial charge < -0.3 is 0 Å². The molecule has 0 aromatic carbocycles. The highest BCUT2D eigenvalue weighted by Crippen LogP contribution is 2.23. The second kappa shape index (κ2) is 3.31. The number of nitrogens with zero attached hydrogens (tertiary/aromatic N) is 1. The van der Waals surface area contributed by atoms with Gasteiger partial charge in [0.1, 0.15) is 0 Å². The molecule has 66 valence electrons. The summed E-state index contributed by atoms with van der Waals surface area (Å²) in [4.78, 5) is 24.4. The lowest BCUT2D eigenvalue weighted by Gasteiger charge is -2.18. The van der Waals surface area contributed by atoms with Crippen molar-refractivity contribution >= 4 is 23.6 Å². The van der Waals surface area contributed by atoms with Crippen LogP contribution in [0.15, 0.2) is 11.0 Å². The van der Waals surface area contributed by atoms with Gasteiger partial charge in [0.25, 0.3) is 11.8 Å². The Kier molecular flexibility index (Phi) is 2.57. The van der Waals surface area contributed by atoms with Crippen LogP contribution >= 0.6 is 11.8 Å². The molecule has 3 nitrogen and oxygen atoms in total. The van der Waals surface area contributed by atoms with Gasteiger partial charge in [-0.15, -0.1) is 11.8 Å². The average Bonchev–Trinajstić information content (AvgIpc) is 2.25. The van der Waals surface area contributed by atoms with E-state index in [2.05, 4.69) is 0 Å². The van der Waals surface area contributed by atoms with E-state index in [-0.39, 0.29) is 17.9 Å². The molecule has 0 radical (unpaired) electrons. The molecule has 0 atom stereocenters. The summed E-state index contributed by atoms with van der Waals surface area (Å²) in [5, 5.41) is 0. The molecule has 0 bridgehead atoms. The highest BCUT2D eigenvalue weighted by Gasteiger charge is 2.32. The number of carbonyl (C=O) groups is 2. The molecule has 0 aliphatic carbocycles. The molecule has 0 fully saturated rings. The summed E-state index contributed by atoms with van der Waals surface area (Å²) >= 11 is 1.31. The van der Waals surface area contributed by atoms with Gasteiger partial charge in [-0.05, 0) is 20.1 Å². The van der Waals surface area contributed by atoms with Gasteiger partial charge in [-0.1, -0.05) is 0 Å². The number of carbonyl (C=O) groups excluding carboxylic acids is 2. The Balaban J connectivity index is 2.88. The van der Waals surface area contributed by atoms with Crippen molar-refractivity contribution in [1.82, 2.24) is 4.90 Å².